The van der Waals surface area contributed by atoms with E-state index in [9.17, 15) is 9.59 Å². The number of primary amides is 1. The summed E-state index contributed by atoms with van der Waals surface area (Å²) in [6.07, 6.45) is 2.04. The molecular weight excluding hydrogens is 206 g/mol. The van der Waals surface area contributed by atoms with Crippen molar-refractivity contribution in [3.05, 3.63) is 29.6 Å². The average molecular weight is 218 g/mol. The van der Waals surface area contributed by atoms with Crippen molar-refractivity contribution in [2.75, 3.05) is 13.1 Å². The lowest BCUT2D eigenvalue weighted by Crippen LogP contribution is -2.29. The number of pyridine rings is 1. The highest BCUT2D eigenvalue weighted by Gasteiger charge is 2.20. The van der Waals surface area contributed by atoms with Gasteiger partial charge in [0.05, 0.1) is 0 Å². The van der Waals surface area contributed by atoms with E-state index in [0.717, 1.165) is 25.9 Å². The molecule has 2 amide bonds. The zero-order chi connectivity index (χ0) is 11.5. The van der Waals surface area contributed by atoms with E-state index < -0.39 is 5.91 Å². The van der Waals surface area contributed by atoms with Crippen LogP contribution in [0.25, 0.3) is 0 Å². The summed E-state index contributed by atoms with van der Waals surface area (Å²) in [4.78, 5) is 28.4. The minimum absolute atomic E-state index is 0.00467. The predicted molar refractivity (Wildman–Crippen MR) is 56.7 cm³/mol. The number of rotatable bonds is 2. The molecule has 1 aromatic heterocycles. The molecule has 1 aliphatic heterocycles. The van der Waals surface area contributed by atoms with Crippen LogP contribution in [0.4, 0.5) is 0 Å². The number of carbonyl (C=O) groups is 2. The highest BCUT2D eigenvalue weighted by molar-refractivity contribution is 5.95. The van der Waals surface area contributed by atoms with Crippen LogP contribution in [0.3, 0.4) is 0 Å². The summed E-state index contributed by atoms with van der Waals surface area (Å²) in [5.74, 6) is -0.815. The number of nitrogens with zero attached hydrogens (tertiary/aromatic N) is 2. The zero-order valence-corrected chi connectivity index (χ0v) is 8.77. The van der Waals surface area contributed by atoms with Gasteiger partial charge in [-0.25, -0.2) is 4.98 Å². The first kappa shape index (κ1) is 10.6. The minimum atomic E-state index is -0.670. The topological polar surface area (TPSA) is 76.3 Å². The van der Waals surface area contributed by atoms with Crippen molar-refractivity contribution in [3.8, 4) is 0 Å². The third kappa shape index (κ3) is 2.03. The fourth-order valence-corrected chi connectivity index (χ4v) is 1.72. The first-order chi connectivity index (χ1) is 7.68. The van der Waals surface area contributed by atoms with Crippen molar-refractivity contribution >= 4 is 11.8 Å². The number of carbonyl (C=O) groups excluding carboxylic acids is 2. The summed E-state index contributed by atoms with van der Waals surface area (Å²) >= 11 is 0. The molecule has 2 N–H and O–H groups in total. The standard InChI is InChI=1S/C11H12N3O2/c12-10(15)8-4-3-5-9(13-8)11(16)14-6-1-2-7-14/h3,5H,1-2,6-7H2,(H2,12,15). The number of likely N-dealkylation sites (tertiary alicyclic amines) is 1. The van der Waals surface area contributed by atoms with Gasteiger partial charge in [0.1, 0.15) is 11.4 Å². The van der Waals surface area contributed by atoms with Crippen LogP contribution < -0.4 is 5.73 Å². The first-order valence-electron chi connectivity index (χ1n) is 5.16. The van der Waals surface area contributed by atoms with Crippen molar-refractivity contribution in [1.29, 1.82) is 0 Å². The Labute approximate surface area is 93.3 Å². The highest BCUT2D eigenvalue weighted by Crippen LogP contribution is 2.11. The molecule has 1 radical (unpaired) electrons. The van der Waals surface area contributed by atoms with Gasteiger partial charge in [-0.2, -0.15) is 0 Å². The Morgan fingerprint density at radius 3 is 2.69 bits per heavy atom. The van der Waals surface area contributed by atoms with E-state index in [2.05, 4.69) is 11.1 Å². The molecule has 1 saturated heterocycles. The van der Waals surface area contributed by atoms with Crippen LogP contribution in [-0.2, 0) is 0 Å². The summed E-state index contributed by atoms with van der Waals surface area (Å²) in [5.41, 5.74) is 5.34. The van der Waals surface area contributed by atoms with Gasteiger partial charge in [0, 0.05) is 19.2 Å². The molecule has 5 nitrogen and oxygen atoms in total. The van der Waals surface area contributed by atoms with Crippen molar-refractivity contribution in [1.82, 2.24) is 9.88 Å². The second-order valence-electron chi connectivity index (χ2n) is 3.69. The van der Waals surface area contributed by atoms with Crippen LogP contribution in [0, 0.1) is 6.07 Å². The summed E-state index contributed by atoms with van der Waals surface area (Å²) < 4.78 is 0. The lowest BCUT2D eigenvalue weighted by atomic mass is 10.2. The maximum atomic E-state index is 11.9. The van der Waals surface area contributed by atoms with Gasteiger partial charge in [0.25, 0.3) is 11.8 Å². The number of aromatic nitrogens is 1. The van der Waals surface area contributed by atoms with Gasteiger partial charge in [-0.05, 0) is 25.0 Å². The normalized spacial score (nSPS) is 15.1. The molecule has 0 saturated carbocycles. The molecule has 0 spiro atoms. The number of amides is 2. The Bertz CT molecular complexity index is 425. The van der Waals surface area contributed by atoms with Gasteiger partial charge in [0.15, 0.2) is 0 Å². The lowest BCUT2D eigenvalue weighted by molar-refractivity contribution is 0.0787. The quantitative estimate of drug-likeness (QED) is 0.771. The van der Waals surface area contributed by atoms with E-state index in [-0.39, 0.29) is 17.3 Å². The smallest absolute Gasteiger partial charge is 0.272 e. The van der Waals surface area contributed by atoms with Crippen LogP contribution in [0.1, 0.15) is 33.8 Å². The van der Waals surface area contributed by atoms with E-state index in [4.69, 9.17) is 5.73 Å². The van der Waals surface area contributed by atoms with Gasteiger partial charge >= 0.3 is 0 Å². The van der Waals surface area contributed by atoms with Crippen LogP contribution in [0.5, 0.6) is 0 Å². The van der Waals surface area contributed by atoms with Crippen molar-refractivity contribution < 1.29 is 9.59 Å². The fourth-order valence-electron chi connectivity index (χ4n) is 1.72. The molecule has 0 aromatic carbocycles. The Hall–Kier alpha value is -1.91. The second-order valence-corrected chi connectivity index (χ2v) is 3.69. The molecule has 1 fully saturated rings. The van der Waals surface area contributed by atoms with Crippen molar-refractivity contribution in [2.24, 2.45) is 5.73 Å². The van der Waals surface area contributed by atoms with Crippen LogP contribution in [-0.4, -0.2) is 34.8 Å². The van der Waals surface area contributed by atoms with Crippen LogP contribution >= 0.6 is 0 Å². The molecule has 2 heterocycles. The molecular formula is C11H12N3O2. The third-order valence-corrected chi connectivity index (χ3v) is 2.54. The highest BCUT2D eigenvalue weighted by atomic mass is 16.2. The van der Waals surface area contributed by atoms with Crippen molar-refractivity contribution in [2.45, 2.75) is 12.8 Å². The summed E-state index contributed by atoms with van der Waals surface area (Å²) in [6, 6.07) is 5.64. The molecule has 16 heavy (non-hydrogen) atoms. The fraction of sp³-hybridized carbons (Fsp3) is 0.364. The van der Waals surface area contributed by atoms with E-state index in [1.54, 1.807) is 11.0 Å². The third-order valence-electron chi connectivity index (χ3n) is 2.54. The van der Waals surface area contributed by atoms with E-state index in [0.29, 0.717) is 0 Å². The van der Waals surface area contributed by atoms with E-state index in [1.807, 2.05) is 0 Å². The molecule has 0 aliphatic carbocycles. The van der Waals surface area contributed by atoms with Gasteiger partial charge in [0.2, 0.25) is 0 Å². The number of nitrogens with two attached hydrogens (primary N) is 1. The number of hydrogen-bond donors (Lipinski definition) is 1. The second kappa shape index (κ2) is 4.30. The predicted octanol–water partition coefficient (Wildman–Crippen LogP) is 0.217. The monoisotopic (exact) mass is 218 g/mol. The van der Waals surface area contributed by atoms with Crippen LogP contribution in [0.15, 0.2) is 12.1 Å². The van der Waals surface area contributed by atoms with Crippen LogP contribution in [0.2, 0.25) is 0 Å². The van der Waals surface area contributed by atoms with Gasteiger partial charge < -0.3 is 10.6 Å². The first-order valence-corrected chi connectivity index (χ1v) is 5.16. The van der Waals surface area contributed by atoms with E-state index in [1.165, 1.54) is 6.07 Å². The Morgan fingerprint density at radius 1 is 1.38 bits per heavy atom. The van der Waals surface area contributed by atoms with Gasteiger partial charge in [-0.15, -0.1) is 0 Å². The molecule has 0 atom stereocenters. The molecule has 1 aliphatic rings. The Morgan fingerprint density at radius 2 is 2.06 bits per heavy atom. The minimum Gasteiger partial charge on any atom is -0.364 e. The molecule has 2 rings (SSSR count). The van der Waals surface area contributed by atoms with E-state index >= 15 is 0 Å². The molecule has 83 valence electrons. The largest absolute Gasteiger partial charge is 0.364 e. The summed E-state index contributed by atoms with van der Waals surface area (Å²) in [7, 11) is 0. The Kier molecular flexibility index (Phi) is 2.85. The number of hydrogen-bond acceptors (Lipinski definition) is 3. The maximum Gasteiger partial charge on any atom is 0.272 e. The maximum absolute atomic E-state index is 11.9. The van der Waals surface area contributed by atoms with Gasteiger partial charge in [-0.1, -0.05) is 0 Å². The van der Waals surface area contributed by atoms with Crippen molar-refractivity contribution in [3.63, 3.8) is 0 Å². The average Bonchev–Trinajstić information content (AvgIpc) is 2.81. The molecule has 1 aromatic rings. The Balaban J connectivity index is 2.22. The molecule has 0 unspecified atom stereocenters. The lowest BCUT2D eigenvalue weighted by Gasteiger charge is -2.14. The molecule has 5 heteroatoms. The summed E-state index contributed by atoms with van der Waals surface area (Å²) in [6.45, 7) is 1.51. The molecule has 0 bridgehead atoms. The summed E-state index contributed by atoms with van der Waals surface area (Å²) in [5, 5.41) is 0. The zero-order valence-electron chi connectivity index (χ0n) is 8.77. The van der Waals surface area contributed by atoms with Gasteiger partial charge in [-0.3, -0.25) is 9.59 Å². The SMILES string of the molecule is NC(=O)c1[c]ccc(C(=O)N2CCCC2)n1.